The molecule has 0 aliphatic carbocycles. The Morgan fingerprint density at radius 3 is 2.76 bits per heavy atom. The smallest absolute Gasteiger partial charge is 0.243 e. The zero-order valence-corrected chi connectivity index (χ0v) is 15.7. The molecule has 1 N–H and O–H groups in total. The molecular weight excluding hydrogens is 368 g/mol. The number of anilines is 1. The monoisotopic (exact) mass is 388 g/mol. The largest absolute Gasteiger partial charge is 0.437 e. The summed E-state index contributed by atoms with van der Waals surface area (Å²) in [6.45, 7) is 0.754. The molecule has 1 aromatic carbocycles. The maximum atomic E-state index is 13.0. The number of pyridine rings is 2. The number of ether oxygens (including phenoxy) is 1. The van der Waals surface area contributed by atoms with E-state index < -0.39 is 0 Å². The van der Waals surface area contributed by atoms with Crippen LogP contribution in [0.2, 0.25) is 0 Å². The lowest BCUT2D eigenvalue weighted by molar-refractivity contribution is -0.125. The van der Waals surface area contributed by atoms with Crippen LogP contribution >= 0.6 is 0 Å². The maximum Gasteiger partial charge on any atom is 0.243 e. The van der Waals surface area contributed by atoms with E-state index in [-0.39, 0.29) is 24.7 Å². The van der Waals surface area contributed by atoms with Gasteiger partial charge in [-0.05, 0) is 29.8 Å². The Morgan fingerprint density at radius 1 is 1.03 bits per heavy atom. The summed E-state index contributed by atoms with van der Waals surface area (Å²) < 4.78 is 5.91. The Balaban J connectivity index is 1.43. The lowest BCUT2D eigenvalue weighted by Crippen LogP contribution is -2.31. The number of hydrogen-bond donors (Lipinski definition) is 1. The highest BCUT2D eigenvalue weighted by atomic mass is 16.5. The highest BCUT2D eigenvalue weighted by Crippen LogP contribution is 2.37. The zero-order valence-electron chi connectivity index (χ0n) is 15.7. The van der Waals surface area contributed by atoms with Crippen LogP contribution in [-0.4, -0.2) is 21.8 Å². The minimum Gasteiger partial charge on any atom is -0.437 e. The Labute approximate surface area is 168 Å². The molecule has 0 radical (unpaired) electrons. The van der Waals surface area contributed by atoms with E-state index in [4.69, 9.17) is 4.74 Å². The fourth-order valence-electron chi connectivity index (χ4n) is 3.13. The fourth-order valence-corrected chi connectivity index (χ4v) is 3.13. The molecule has 0 atom stereocenters. The second-order valence-corrected chi connectivity index (χ2v) is 6.66. The van der Waals surface area contributed by atoms with Crippen LogP contribution in [0.3, 0.4) is 0 Å². The number of carbonyl (C=O) groups excluding carboxylic acids is 2. The first-order valence-corrected chi connectivity index (χ1v) is 9.37. The van der Waals surface area contributed by atoms with E-state index in [1.165, 1.54) is 0 Å². The number of rotatable bonds is 5. The van der Waals surface area contributed by atoms with Gasteiger partial charge in [0.1, 0.15) is 11.4 Å². The third-order valence-electron chi connectivity index (χ3n) is 4.63. The van der Waals surface area contributed by atoms with Gasteiger partial charge in [0.25, 0.3) is 0 Å². The summed E-state index contributed by atoms with van der Waals surface area (Å²) in [5.74, 6) is 0.722. The Morgan fingerprint density at radius 2 is 1.90 bits per heavy atom. The van der Waals surface area contributed by atoms with Crippen molar-refractivity contribution in [2.24, 2.45) is 0 Å². The molecule has 4 rings (SSSR count). The first kappa shape index (κ1) is 18.6. The summed E-state index contributed by atoms with van der Waals surface area (Å²) in [6.07, 6.45) is 5.20. The molecule has 0 spiro atoms. The van der Waals surface area contributed by atoms with Crippen molar-refractivity contribution < 1.29 is 14.3 Å². The molecular formula is C22H20N4O3. The van der Waals surface area contributed by atoms with Crippen LogP contribution in [0.1, 0.15) is 24.0 Å². The Kier molecular flexibility index (Phi) is 5.47. The standard InChI is InChI=1S/C22H20N4O3/c27-20(25-14-16-5-3-11-23-13-16)9-10-21(28)26-15-17-6-1-2-8-19(17)29-22-18(26)7-4-12-24-22/h1-8,11-13H,9-10,14-15H2,(H,25,27). The molecule has 3 aromatic rings. The lowest BCUT2D eigenvalue weighted by Gasteiger charge is -2.21. The molecule has 1 aliphatic rings. The van der Waals surface area contributed by atoms with Gasteiger partial charge in [0.2, 0.25) is 17.7 Å². The van der Waals surface area contributed by atoms with Gasteiger partial charge in [-0.3, -0.25) is 14.6 Å². The van der Waals surface area contributed by atoms with Crippen molar-refractivity contribution >= 4 is 17.5 Å². The van der Waals surface area contributed by atoms with Crippen molar-refractivity contribution in [1.29, 1.82) is 0 Å². The second kappa shape index (κ2) is 8.52. The van der Waals surface area contributed by atoms with Crippen LogP contribution in [0.5, 0.6) is 11.6 Å². The van der Waals surface area contributed by atoms with E-state index in [0.29, 0.717) is 30.4 Å². The van der Waals surface area contributed by atoms with Crippen LogP contribution < -0.4 is 15.0 Å². The van der Waals surface area contributed by atoms with Gasteiger partial charge < -0.3 is 15.0 Å². The molecule has 0 saturated carbocycles. The highest BCUT2D eigenvalue weighted by Gasteiger charge is 2.26. The van der Waals surface area contributed by atoms with Crippen molar-refractivity contribution in [3.8, 4) is 11.6 Å². The van der Waals surface area contributed by atoms with Gasteiger partial charge in [-0.2, -0.15) is 0 Å². The molecule has 3 heterocycles. The highest BCUT2D eigenvalue weighted by molar-refractivity contribution is 5.96. The van der Waals surface area contributed by atoms with Crippen molar-refractivity contribution in [3.63, 3.8) is 0 Å². The number of para-hydroxylation sites is 1. The van der Waals surface area contributed by atoms with E-state index in [9.17, 15) is 9.59 Å². The van der Waals surface area contributed by atoms with E-state index in [1.807, 2.05) is 36.4 Å². The van der Waals surface area contributed by atoms with Crippen LogP contribution in [0, 0.1) is 0 Å². The van der Waals surface area contributed by atoms with E-state index in [2.05, 4.69) is 15.3 Å². The van der Waals surface area contributed by atoms with Crippen LogP contribution in [-0.2, 0) is 22.7 Å². The molecule has 29 heavy (non-hydrogen) atoms. The van der Waals surface area contributed by atoms with Crippen molar-refractivity contribution in [2.75, 3.05) is 4.90 Å². The maximum absolute atomic E-state index is 13.0. The number of benzene rings is 1. The first-order chi connectivity index (χ1) is 14.2. The molecule has 0 bridgehead atoms. The van der Waals surface area contributed by atoms with Gasteiger partial charge in [-0.15, -0.1) is 0 Å². The molecule has 7 heteroatoms. The summed E-state index contributed by atoms with van der Waals surface area (Å²) in [6, 6.07) is 14.8. The van der Waals surface area contributed by atoms with Crippen LogP contribution in [0.4, 0.5) is 5.69 Å². The molecule has 146 valence electrons. The van der Waals surface area contributed by atoms with E-state index in [1.54, 1.807) is 35.6 Å². The predicted molar refractivity (Wildman–Crippen MR) is 107 cm³/mol. The quantitative estimate of drug-likeness (QED) is 0.726. The molecule has 7 nitrogen and oxygen atoms in total. The van der Waals surface area contributed by atoms with Gasteiger partial charge in [-0.1, -0.05) is 24.3 Å². The predicted octanol–water partition coefficient (Wildman–Crippen LogP) is 3.21. The van der Waals surface area contributed by atoms with Gasteiger partial charge in [0.15, 0.2) is 0 Å². The van der Waals surface area contributed by atoms with Crippen molar-refractivity contribution in [3.05, 3.63) is 78.2 Å². The molecule has 0 unspecified atom stereocenters. The minimum absolute atomic E-state index is 0.0926. The molecule has 1 aliphatic heterocycles. The Bertz CT molecular complexity index is 1020. The van der Waals surface area contributed by atoms with Crippen LogP contribution in [0.25, 0.3) is 0 Å². The number of fused-ring (bicyclic) bond motifs is 2. The average Bonchev–Trinajstić information content (AvgIpc) is 2.93. The first-order valence-electron chi connectivity index (χ1n) is 9.37. The summed E-state index contributed by atoms with van der Waals surface area (Å²) in [5, 5.41) is 2.82. The summed E-state index contributed by atoms with van der Waals surface area (Å²) in [4.78, 5) is 35.0. The molecule has 0 fully saturated rings. The van der Waals surface area contributed by atoms with Crippen LogP contribution in [0.15, 0.2) is 67.1 Å². The lowest BCUT2D eigenvalue weighted by atomic mass is 10.1. The number of hydrogen-bond acceptors (Lipinski definition) is 5. The second-order valence-electron chi connectivity index (χ2n) is 6.66. The fraction of sp³-hybridized carbons (Fsp3) is 0.182. The number of aromatic nitrogens is 2. The average molecular weight is 388 g/mol. The number of carbonyl (C=O) groups is 2. The third kappa shape index (κ3) is 4.40. The normalized spacial score (nSPS) is 12.2. The summed E-state index contributed by atoms with van der Waals surface area (Å²) >= 11 is 0. The SMILES string of the molecule is O=C(CCC(=O)N1Cc2ccccc2Oc2ncccc21)NCc1cccnc1. The van der Waals surface area contributed by atoms with Gasteiger partial charge in [-0.25, -0.2) is 4.98 Å². The zero-order chi connectivity index (χ0) is 20.1. The number of nitrogens with zero attached hydrogens (tertiary/aromatic N) is 3. The topological polar surface area (TPSA) is 84.4 Å². The molecule has 2 amide bonds. The van der Waals surface area contributed by atoms with Gasteiger partial charge in [0, 0.05) is 43.5 Å². The Hall–Kier alpha value is -3.74. The van der Waals surface area contributed by atoms with E-state index in [0.717, 1.165) is 11.1 Å². The number of amides is 2. The third-order valence-corrected chi connectivity index (χ3v) is 4.63. The minimum atomic E-state index is -0.180. The number of nitrogens with one attached hydrogen (secondary N) is 1. The van der Waals surface area contributed by atoms with Gasteiger partial charge >= 0.3 is 0 Å². The molecule has 0 saturated heterocycles. The molecule has 2 aromatic heterocycles. The summed E-state index contributed by atoms with van der Waals surface area (Å²) in [7, 11) is 0. The van der Waals surface area contributed by atoms with Gasteiger partial charge in [0.05, 0.1) is 6.54 Å². The van der Waals surface area contributed by atoms with Crippen molar-refractivity contribution in [2.45, 2.75) is 25.9 Å². The summed E-state index contributed by atoms with van der Waals surface area (Å²) in [5.41, 5.74) is 2.40. The van der Waals surface area contributed by atoms with Crippen molar-refractivity contribution in [1.82, 2.24) is 15.3 Å². The van der Waals surface area contributed by atoms with E-state index >= 15 is 0 Å².